The van der Waals surface area contributed by atoms with Gasteiger partial charge in [-0.25, -0.2) is 0 Å². The van der Waals surface area contributed by atoms with E-state index in [0.717, 1.165) is 0 Å². The van der Waals surface area contributed by atoms with E-state index < -0.39 is 0 Å². The van der Waals surface area contributed by atoms with E-state index >= 15 is 0 Å². The summed E-state index contributed by atoms with van der Waals surface area (Å²) < 4.78 is 4.72. The molecule has 0 aliphatic heterocycles. The average molecular weight is 384 g/mol. The van der Waals surface area contributed by atoms with Crippen molar-refractivity contribution in [1.82, 2.24) is 4.57 Å². The molecule has 0 fully saturated rings. The van der Waals surface area contributed by atoms with E-state index in [9.17, 15) is 0 Å². The van der Waals surface area contributed by atoms with Crippen LogP contribution in [0.2, 0.25) is 0 Å². The van der Waals surface area contributed by atoms with Crippen LogP contribution in [0.4, 0.5) is 0 Å². The molecule has 0 bridgehead atoms. The molecule has 0 N–H and O–H groups in total. The lowest BCUT2D eigenvalue weighted by Gasteiger charge is -2.17. The third-order valence-corrected chi connectivity index (χ3v) is 6.01. The number of aromatic nitrogens is 2. The van der Waals surface area contributed by atoms with Crippen LogP contribution < -0.4 is 4.57 Å². The Morgan fingerprint density at radius 3 is 2.24 bits per heavy atom. The fourth-order valence-electron chi connectivity index (χ4n) is 4.32. The van der Waals surface area contributed by atoms with Crippen LogP contribution in [0.15, 0.2) is 66.9 Å². The van der Waals surface area contributed by atoms with E-state index in [2.05, 4.69) is 118 Å². The van der Waals surface area contributed by atoms with Gasteiger partial charge in [0.1, 0.15) is 12.7 Å². The molecule has 148 valence electrons. The van der Waals surface area contributed by atoms with Gasteiger partial charge >= 0.3 is 0 Å². The molecule has 2 heteroatoms. The highest BCUT2D eigenvalue weighted by Crippen LogP contribution is 2.37. The van der Waals surface area contributed by atoms with Gasteiger partial charge < -0.3 is 4.57 Å². The van der Waals surface area contributed by atoms with Crippen molar-refractivity contribution in [3.63, 3.8) is 0 Å². The highest BCUT2D eigenvalue weighted by atomic mass is 15.0. The van der Waals surface area contributed by atoms with Gasteiger partial charge in [-0.1, -0.05) is 64.1 Å². The van der Waals surface area contributed by atoms with Crippen molar-refractivity contribution in [3.8, 4) is 17.1 Å². The summed E-state index contributed by atoms with van der Waals surface area (Å²) >= 11 is 0. The summed E-state index contributed by atoms with van der Waals surface area (Å²) in [6, 6.07) is 22.2. The zero-order chi connectivity index (χ0) is 20.7. The average Bonchev–Trinajstić information content (AvgIpc) is 3.00. The second kappa shape index (κ2) is 7.51. The van der Waals surface area contributed by atoms with Crippen molar-refractivity contribution in [3.05, 3.63) is 83.6 Å². The monoisotopic (exact) mass is 383 g/mol. The second-order valence-corrected chi connectivity index (χ2v) is 8.65. The molecule has 2 nitrogen and oxygen atoms in total. The molecule has 0 aliphatic rings. The van der Waals surface area contributed by atoms with Crippen molar-refractivity contribution in [2.75, 3.05) is 0 Å². The Balaban J connectivity index is 2.14. The van der Waals surface area contributed by atoms with Crippen LogP contribution in [-0.4, -0.2) is 4.57 Å². The summed E-state index contributed by atoms with van der Waals surface area (Å²) in [5.74, 6) is 0.951. The van der Waals surface area contributed by atoms with Crippen molar-refractivity contribution in [2.45, 2.75) is 46.5 Å². The minimum atomic E-state index is 0.455. The predicted molar refractivity (Wildman–Crippen MR) is 123 cm³/mol. The molecule has 0 aliphatic carbocycles. The van der Waals surface area contributed by atoms with Gasteiger partial charge in [-0.2, -0.15) is 4.57 Å². The van der Waals surface area contributed by atoms with Gasteiger partial charge in [-0.3, -0.25) is 0 Å². The molecule has 0 spiro atoms. The summed E-state index contributed by atoms with van der Waals surface area (Å²) in [5.41, 5.74) is 9.15. The zero-order valence-electron chi connectivity index (χ0n) is 18.4. The van der Waals surface area contributed by atoms with Gasteiger partial charge in [-0.15, -0.1) is 0 Å². The van der Waals surface area contributed by atoms with E-state index in [4.69, 9.17) is 0 Å². The first-order valence-corrected chi connectivity index (χ1v) is 10.6. The topological polar surface area (TPSA) is 8.81 Å². The quantitative estimate of drug-likeness (QED) is 0.348. The molecule has 0 atom stereocenters. The molecule has 0 unspecified atom stereocenters. The lowest BCUT2D eigenvalue weighted by molar-refractivity contribution is -0.660. The first-order valence-electron chi connectivity index (χ1n) is 10.6. The number of fused-ring (bicyclic) bond motifs is 1. The molecule has 4 aromatic rings. The van der Waals surface area contributed by atoms with Gasteiger partial charge in [0.2, 0.25) is 5.69 Å². The van der Waals surface area contributed by atoms with Crippen molar-refractivity contribution < 1.29 is 4.57 Å². The summed E-state index contributed by atoms with van der Waals surface area (Å²) in [7, 11) is 2.15. The number of pyridine rings is 1. The summed E-state index contributed by atoms with van der Waals surface area (Å²) in [6.45, 7) is 11.3. The maximum absolute atomic E-state index is 2.47. The predicted octanol–water partition coefficient (Wildman–Crippen LogP) is 6.68. The van der Waals surface area contributed by atoms with Crippen molar-refractivity contribution in [1.29, 1.82) is 0 Å². The highest BCUT2D eigenvalue weighted by molar-refractivity contribution is 5.92. The van der Waals surface area contributed by atoms with Gasteiger partial charge in [-0.05, 0) is 47.6 Å². The summed E-state index contributed by atoms with van der Waals surface area (Å²) in [6.07, 6.45) is 2.19. The lowest BCUT2D eigenvalue weighted by Crippen LogP contribution is -2.31. The number of rotatable bonds is 4. The third kappa shape index (κ3) is 3.27. The SMILES string of the molecule is Cc1c(-c2cc(C(C)C)cc[n+]2C)n(-c2ccccc2C(C)C)c2ccccc12. The first kappa shape index (κ1) is 19.4. The Hall–Kier alpha value is -2.87. The van der Waals surface area contributed by atoms with E-state index in [0.29, 0.717) is 11.8 Å². The first-order chi connectivity index (χ1) is 13.9. The number of hydrogen-bond acceptors (Lipinski definition) is 0. The van der Waals surface area contributed by atoms with Crippen LogP contribution >= 0.6 is 0 Å². The fraction of sp³-hybridized carbons (Fsp3) is 0.296. The maximum Gasteiger partial charge on any atom is 0.229 e. The normalized spacial score (nSPS) is 11.7. The summed E-state index contributed by atoms with van der Waals surface area (Å²) in [5, 5.41) is 1.32. The van der Waals surface area contributed by atoms with Crippen LogP contribution in [0.25, 0.3) is 28.0 Å². The maximum atomic E-state index is 2.47. The smallest absolute Gasteiger partial charge is 0.229 e. The fourth-order valence-corrected chi connectivity index (χ4v) is 4.32. The molecule has 0 radical (unpaired) electrons. The second-order valence-electron chi connectivity index (χ2n) is 8.65. The minimum Gasteiger partial charge on any atom is -0.304 e. The van der Waals surface area contributed by atoms with Gasteiger partial charge in [0, 0.05) is 23.2 Å². The van der Waals surface area contributed by atoms with Crippen LogP contribution in [-0.2, 0) is 7.05 Å². The van der Waals surface area contributed by atoms with E-state index in [-0.39, 0.29) is 0 Å². The standard InChI is InChI=1S/C27H31N2/c1-18(2)21-15-16-28(6)26(17-21)27-20(5)23-12-8-10-14-25(23)29(27)24-13-9-7-11-22(24)19(3)4/h7-19H,1-6H3/q+1. The van der Waals surface area contributed by atoms with E-state index in [1.165, 1.54) is 44.7 Å². The molecule has 2 aromatic heterocycles. The number of aryl methyl sites for hydroxylation is 2. The third-order valence-electron chi connectivity index (χ3n) is 6.01. The number of para-hydroxylation sites is 2. The Bertz CT molecular complexity index is 1180. The Morgan fingerprint density at radius 1 is 0.828 bits per heavy atom. The van der Waals surface area contributed by atoms with Gasteiger partial charge in [0.25, 0.3) is 0 Å². The molecule has 2 heterocycles. The van der Waals surface area contributed by atoms with Crippen molar-refractivity contribution >= 4 is 10.9 Å². The Morgan fingerprint density at radius 2 is 1.52 bits per heavy atom. The number of hydrogen-bond donors (Lipinski definition) is 0. The van der Waals surface area contributed by atoms with Crippen molar-refractivity contribution in [2.24, 2.45) is 7.05 Å². The largest absolute Gasteiger partial charge is 0.304 e. The lowest BCUT2D eigenvalue weighted by atomic mass is 10.00. The molecule has 4 rings (SSSR count). The van der Waals surface area contributed by atoms with Crippen LogP contribution in [0.3, 0.4) is 0 Å². The van der Waals surface area contributed by atoms with Crippen LogP contribution in [0, 0.1) is 6.92 Å². The zero-order valence-corrected chi connectivity index (χ0v) is 18.4. The Labute approximate surface area is 174 Å². The highest BCUT2D eigenvalue weighted by Gasteiger charge is 2.25. The number of nitrogens with zero attached hydrogens (tertiary/aromatic N) is 2. The molecular formula is C27H31N2+. The molecule has 29 heavy (non-hydrogen) atoms. The van der Waals surface area contributed by atoms with Gasteiger partial charge in [0.05, 0.1) is 5.52 Å². The van der Waals surface area contributed by atoms with E-state index in [1.54, 1.807) is 0 Å². The molecule has 0 saturated carbocycles. The molecule has 0 amide bonds. The summed E-state index contributed by atoms with van der Waals surface area (Å²) in [4.78, 5) is 0. The molecular weight excluding hydrogens is 352 g/mol. The number of benzene rings is 2. The Kier molecular flexibility index (Phi) is 5.04. The van der Waals surface area contributed by atoms with Crippen LogP contribution in [0.5, 0.6) is 0 Å². The minimum absolute atomic E-state index is 0.455. The van der Waals surface area contributed by atoms with Crippen LogP contribution in [0.1, 0.15) is 56.2 Å². The molecule has 2 aromatic carbocycles. The molecule has 0 saturated heterocycles. The van der Waals surface area contributed by atoms with Gasteiger partial charge in [0.15, 0.2) is 6.20 Å². The van der Waals surface area contributed by atoms with E-state index in [1.807, 2.05) is 0 Å².